The van der Waals surface area contributed by atoms with Gasteiger partial charge in [0.25, 0.3) is 0 Å². The van der Waals surface area contributed by atoms with Crippen LogP contribution in [0.1, 0.15) is 30.5 Å². The number of hydrogen-bond acceptors (Lipinski definition) is 3. The number of carbonyl (C=O) groups excluding carboxylic acids is 1. The largest absolute Gasteiger partial charge is 0.494 e. The molecule has 0 aliphatic carbocycles. The molecular weight excluding hydrogens is 276 g/mol. The van der Waals surface area contributed by atoms with Gasteiger partial charge in [0.15, 0.2) is 0 Å². The number of nitrogens with two attached hydrogens (primary N) is 1. The van der Waals surface area contributed by atoms with E-state index < -0.39 is 0 Å². The first-order chi connectivity index (χ1) is 10.7. The van der Waals surface area contributed by atoms with Crippen molar-refractivity contribution in [2.24, 2.45) is 5.73 Å². The van der Waals surface area contributed by atoms with Crippen LogP contribution in [0.5, 0.6) is 5.75 Å². The molecule has 0 bridgehead atoms. The highest BCUT2D eigenvalue weighted by atomic mass is 16.5. The van der Waals surface area contributed by atoms with Crippen molar-refractivity contribution in [1.29, 1.82) is 0 Å². The number of nitrogens with one attached hydrogen (secondary N) is 1. The molecule has 116 valence electrons. The summed E-state index contributed by atoms with van der Waals surface area (Å²) in [6.07, 6.45) is 0.320. The van der Waals surface area contributed by atoms with Crippen molar-refractivity contribution in [2.75, 3.05) is 13.2 Å². The van der Waals surface area contributed by atoms with E-state index in [0.29, 0.717) is 19.6 Å². The molecule has 4 heteroatoms. The molecule has 0 radical (unpaired) electrons. The molecule has 2 aromatic carbocycles. The molecule has 1 unspecified atom stereocenters. The highest BCUT2D eigenvalue weighted by molar-refractivity contribution is 5.77. The summed E-state index contributed by atoms with van der Waals surface area (Å²) in [7, 11) is 0. The zero-order valence-electron chi connectivity index (χ0n) is 12.8. The van der Waals surface area contributed by atoms with Crippen molar-refractivity contribution in [3.63, 3.8) is 0 Å². The van der Waals surface area contributed by atoms with Crippen molar-refractivity contribution in [3.05, 3.63) is 65.7 Å². The third-order valence-electron chi connectivity index (χ3n) is 3.33. The third-order valence-corrected chi connectivity index (χ3v) is 3.33. The average molecular weight is 298 g/mol. The van der Waals surface area contributed by atoms with Crippen LogP contribution in [0.3, 0.4) is 0 Å². The van der Waals surface area contributed by atoms with Gasteiger partial charge in [0.1, 0.15) is 5.75 Å². The maximum absolute atomic E-state index is 12.0. The first kappa shape index (κ1) is 16.0. The summed E-state index contributed by atoms with van der Waals surface area (Å²) >= 11 is 0. The standard InChI is InChI=1S/C18H22N2O2/c1-2-22-16-10-8-15(9-11-16)18(20-17(21)12-13-19)14-6-4-3-5-7-14/h3-11,18H,2,12-13,19H2,1H3,(H,20,21). The number of carbonyl (C=O) groups is 1. The maximum atomic E-state index is 12.0. The molecular formula is C18H22N2O2. The van der Waals surface area contributed by atoms with Crippen molar-refractivity contribution < 1.29 is 9.53 Å². The summed E-state index contributed by atoms with van der Waals surface area (Å²) < 4.78 is 5.46. The second kappa shape index (κ2) is 8.20. The van der Waals surface area contributed by atoms with Crippen LogP contribution >= 0.6 is 0 Å². The van der Waals surface area contributed by atoms with Crippen LogP contribution in [0.25, 0.3) is 0 Å². The van der Waals surface area contributed by atoms with E-state index in [1.165, 1.54) is 0 Å². The Hall–Kier alpha value is -2.33. The van der Waals surface area contributed by atoms with E-state index in [1.54, 1.807) is 0 Å². The summed E-state index contributed by atoms with van der Waals surface area (Å²) in [4.78, 5) is 12.0. The van der Waals surface area contributed by atoms with Crippen molar-refractivity contribution in [1.82, 2.24) is 5.32 Å². The van der Waals surface area contributed by atoms with Gasteiger partial charge >= 0.3 is 0 Å². The second-order valence-electron chi connectivity index (χ2n) is 4.95. The monoisotopic (exact) mass is 298 g/mol. The van der Waals surface area contributed by atoms with E-state index in [1.807, 2.05) is 61.5 Å². The molecule has 2 rings (SSSR count). The highest BCUT2D eigenvalue weighted by Crippen LogP contribution is 2.24. The van der Waals surface area contributed by atoms with E-state index in [-0.39, 0.29) is 11.9 Å². The summed E-state index contributed by atoms with van der Waals surface area (Å²) in [5.41, 5.74) is 7.51. The Morgan fingerprint density at radius 3 is 2.32 bits per heavy atom. The lowest BCUT2D eigenvalue weighted by atomic mass is 9.98. The lowest BCUT2D eigenvalue weighted by Gasteiger charge is -2.20. The molecule has 22 heavy (non-hydrogen) atoms. The fourth-order valence-electron chi connectivity index (χ4n) is 2.29. The van der Waals surface area contributed by atoms with Gasteiger partial charge in [0.05, 0.1) is 12.6 Å². The minimum absolute atomic E-state index is 0.0507. The van der Waals surface area contributed by atoms with Crippen LogP contribution in [0.2, 0.25) is 0 Å². The molecule has 3 N–H and O–H groups in total. The molecule has 0 heterocycles. The molecule has 4 nitrogen and oxygen atoms in total. The van der Waals surface area contributed by atoms with Gasteiger partial charge < -0.3 is 15.8 Å². The Labute approximate surface area is 131 Å². The number of benzene rings is 2. The average Bonchev–Trinajstić information content (AvgIpc) is 2.55. The Morgan fingerprint density at radius 1 is 1.09 bits per heavy atom. The van der Waals surface area contributed by atoms with Crippen LogP contribution in [-0.4, -0.2) is 19.1 Å². The molecule has 0 saturated heterocycles. The summed E-state index contributed by atoms with van der Waals surface area (Å²) in [5, 5.41) is 3.04. The van der Waals surface area contributed by atoms with Crippen LogP contribution in [0, 0.1) is 0 Å². The minimum atomic E-state index is -0.184. The number of hydrogen-bond donors (Lipinski definition) is 2. The van der Waals surface area contributed by atoms with E-state index in [9.17, 15) is 4.79 Å². The van der Waals surface area contributed by atoms with Gasteiger partial charge in [-0.1, -0.05) is 42.5 Å². The summed E-state index contributed by atoms with van der Waals surface area (Å²) in [6, 6.07) is 17.5. The predicted molar refractivity (Wildman–Crippen MR) is 87.7 cm³/mol. The van der Waals surface area contributed by atoms with Gasteiger partial charge in [0.2, 0.25) is 5.91 Å². The van der Waals surface area contributed by atoms with Gasteiger partial charge in [-0.2, -0.15) is 0 Å². The van der Waals surface area contributed by atoms with Crippen LogP contribution in [-0.2, 0) is 4.79 Å². The Balaban J connectivity index is 2.25. The van der Waals surface area contributed by atoms with Crippen LogP contribution in [0.15, 0.2) is 54.6 Å². The fraction of sp³-hybridized carbons (Fsp3) is 0.278. The number of amides is 1. The highest BCUT2D eigenvalue weighted by Gasteiger charge is 2.16. The smallest absolute Gasteiger partial charge is 0.222 e. The fourth-order valence-corrected chi connectivity index (χ4v) is 2.29. The predicted octanol–water partition coefficient (Wildman–Crippen LogP) is 2.64. The number of rotatable bonds is 7. The molecule has 0 aliphatic rings. The second-order valence-corrected chi connectivity index (χ2v) is 4.95. The molecule has 0 saturated carbocycles. The Bertz CT molecular complexity index is 582. The van der Waals surface area contributed by atoms with Crippen LogP contribution < -0.4 is 15.8 Å². The van der Waals surface area contributed by atoms with Gasteiger partial charge in [-0.15, -0.1) is 0 Å². The molecule has 2 aromatic rings. The maximum Gasteiger partial charge on any atom is 0.222 e. The zero-order chi connectivity index (χ0) is 15.8. The molecule has 0 aromatic heterocycles. The molecule has 0 spiro atoms. The SMILES string of the molecule is CCOc1ccc(C(NC(=O)CCN)c2ccccc2)cc1. The number of ether oxygens (including phenoxy) is 1. The van der Waals surface area contributed by atoms with Gasteiger partial charge in [-0.05, 0) is 30.2 Å². The molecule has 0 fully saturated rings. The topological polar surface area (TPSA) is 64.3 Å². The molecule has 0 aliphatic heterocycles. The Kier molecular flexibility index (Phi) is 5.98. The minimum Gasteiger partial charge on any atom is -0.494 e. The Morgan fingerprint density at radius 2 is 1.73 bits per heavy atom. The zero-order valence-corrected chi connectivity index (χ0v) is 12.8. The van der Waals surface area contributed by atoms with Crippen molar-refractivity contribution in [2.45, 2.75) is 19.4 Å². The lowest BCUT2D eigenvalue weighted by Crippen LogP contribution is -2.30. The van der Waals surface area contributed by atoms with Crippen molar-refractivity contribution in [3.8, 4) is 5.75 Å². The van der Waals surface area contributed by atoms with Gasteiger partial charge in [-0.3, -0.25) is 4.79 Å². The molecule has 1 atom stereocenters. The van der Waals surface area contributed by atoms with E-state index in [2.05, 4.69) is 5.32 Å². The quantitative estimate of drug-likeness (QED) is 0.826. The normalized spacial score (nSPS) is 11.7. The van der Waals surface area contributed by atoms with Gasteiger partial charge in [0, 0.05) is 13.0 Å². The van der Waals surface area contributed by atoms with E-state index in [4.69, 9.17) is 10.5 Å². The first-order valence-electron chi connectivity index (χ1n) is 7.51. The third kappa shape index (κ3) is 4.33. The first-order valence-corrected chi connectivity index (χ1v) is 7.51. The van der Waals surface area contributed by atoms with E-state index >= 15 is 0 Å². The lowest BCUT2D eigenvalue weighted by molar-refractivity contribution is -0.121. The summed E-state index contributed by atoms with van der Waals surface area (Å²) in [5.74, 6) is 0.775. The van der Waals surface area contributed by atoms with Gasteiger partial charge in [-0.25, -0.2) is 0 Å². The van der Waals surface area contributed by atoms with Crippen LogP contribution in [0.4, 0.5) is 0 Å². The van der Waals surface area contributed by atoms with E-state index in [0.717, 1.165) is 16.9 Å². The molecule has 1 amide bonds. The summed E-state index contributed by atoms with van der Waals surface area (Å²) in [6.45, 7) is 2.93. The van der Waals surface area contributed by atoms with Crippen molar-refractivity contribution >= 4 is 5.91 Å².